The molecule has 0 amide bonds. The van der Waals surface area contributed by atoms with E-state index < -0.39 is 30.2 Å². The fourth-order valence-corrected chi connectivity index (χ4v) is 0.710. The number of ketones is 1. The summed E-state index contributed by atoms with van der Waals surface area (Å²) in [5.41, 5.74) is 0. The molecular weight excluding hydrogens is 180 g/mol. The number of Topliss-reactive ketones (excluding diaryl/α,β-unsaturated/α-hetero) is 1. The van der Waals surface area contributed by atoms with Crippen LogP contribution in [0, 0.1) is 0 Å². The van der Waals surface area contributed by atoms with Crippen LogP contribution in [0.5, 0.6) is 0 Å². The Labute approximate surface area is 74.4 Å². The molecule has 0 bridgehead atoms. The van der Waals surface area contributed by atoms with Crippen LogP contribution in [0.15, 0.2) is 0 Å². The largest absolute Gasteiger partial charge is 0.387 e. The van der Waals surface area contributed by atoms with Crippen LogP contribution in [0.1, 0.15) is 6.92 Å². The number of hydrogen-bond acceptors (Lipinski definition) is 6. The Morgan fingerprint density at radius 3 is 1.92 bits per heavy atom. The fourth-order valence-electron chi connectivity index (χ4n) is 0.710. The Hall–Kier alpha value is -0.820. The van der Waals surface area contributed by atoms with Crippen molar-refractivity contribution in [3.05, 3.63) is 0 Å². The van der Waals surface area contributed by atoms with E-state index in [1.807, 2.05) is 0 Å². The Morgan fingerprint density at radius 2 is 1.62 bits per heavy atom. The smallest absolute Gasteiger partial charge is 0.160 e. The highest BCUT2D eigenvalue weighted by molar-refractivity contribution is 5.80. The molecular formula is C7H12O6. The Balaban J connectivity index is 4.32. The lowest BCUT2D eigenvalue weighted by Crippen LogP contribution is -2.47. The second-order valence-electron chi connectivity index (χ2n) is 2.66. The van der Waals surface area contributed by atoms with E-state index in [-0.39, 0.29) is 6.29 Å². The molecule has 0 radical (unpaired) electrons. The topological polar surface area (TPSA) is 115 Å². The zero-order chi connectivity index (χ0) is 10.6. The van der Waals surface area contributed by atoms with E-state index >= 15 is 0 Å². The SMILES string of the molecule is CC(=O)[C@H](O)[C@@H](O)[C@H](O)[C@H](O)C=O. The molecule has 0 rings (SSSR count). The van der Waals surface area contributed by atoms with Gasteiger partial charge in [-0.15, -0.1) is 0 Å². The predicted molar refractivity (Wildman–Crippen MR) is 40.8 cm³/mol. The molecule has 0 spiro atoms. The van der Waals surface area contributed by atoms with Gasteiger partial charge in [-0.2, -0.15) is 0 Å². The normalized spacial score (nSPS) is 20.1. The maximum atomic E-state index is 10.5. The van der Waals surface area contributed by atoms with Crippen LogP contribution in [0.2, 0.25) is 0 Å². The van der Waals surface area contributed by atoms with E-state index in [0.29, 0.717) is 0 Å². The molecule has 6 heteroatoms. The first-order chi connectivity index (χ1) is 5.91. The first-order valence-corrected chi connectivity index (χ1v) is 3.59. The minimum absolute atomic E-state index is 0.000737. The Bertz CT molecular complexity index is 191. The van der Waals surface area contributed by atoms with Crippen LogP contribution in [-0.2, 0) is 9.59 Å². The molecule has 4 atom stereocenters. The van der Waals surface area contributed by atoms with Gasteiger partial charge >= 0.3 is 0 Å². The van der Waals surface area contributed by atoms with Gasteiger partial charge in [0.15, 0.2) is 12.1 Å². The van der Waals surface area contributed by atoms with Crippen LogP contribution in [-0.4, -0.2) is 56.9 Å². The third-order valence-electron chi connectivity index (χ3n) is 1.58. The standard InChI is InChI=1S/C7H12O6/c1-3(9)5(11)7(13)6(12)4(10)2-8/h2,4-7,10-13H,1H3/t4-,5+,6-,7-/m1/s1. The van der Waals surface area contributed by atoms with Crippen molar-refractivity contribution >= 4 is 12.1 Å². The lowest BCUT2D eigenvalue weighted by Gasteiger charge is -2.22. The predicted octanol–water partition coefficient (Wildman–Crippen LogP) is -2.78. The van der Waals surface area contributed by atoms with E-state index in [2.05, 4.69) is 0 Å². The molecule has 0 saturated carbocycles. The summed E-state index contributed by atoms with van der Waals surface area (Å²) in [5.74, 6) is -0.760. The number of carbonyl (C=O) groups is 2. The summed E-state index contributed by atoms with van der Waals surface area (Å²) >= 11 is 0. The van der Waals surface area contributed by atoms with Gasteiger partial charge in [-0.25, -0.2) is 0 Å². The van der Waals surface area contributed by atoms with Gasteiger partial charge < -0.3 is 25.2 Å². The Morgan fingerprint density at radius 1 is 1.15 bits per heavy atom. The average molecular weight is 192 g/mol. The van der Waals surface area contributed by atoms with Crippen molar-refractivity contribution in [1.82, 2.24) is 0 Å². The molecule has 0 fully saturated rings. The van der Waals surface area contributed by atoms with Crippen LogP contribution in [0.25, 0.3) is 0 Å². The van der Waals surface area contributed by atoms with Crippen molar-refractivity contribution in [2.24, 2.45) is 0 Å². The molecule has 0 aromatic rings. The van der Waals surface area contributed by atoms with Crippen LogP contribution < -0.4 is 0 Å². The van der Waals surface area contributed by atoms with Crippen molar-refractivity contribution in [3.63, 3.8) is 0 Å². The van der Waals surface area contributed by atoms with E-state index in [1.54, 1.807) is 0 Å². The third-order valence-corrected chi connectivity index (χ3v) is 1.58. The molecule has 6 nitrogen and oxygen atoms in total. The van der Waals surface area contributed by atoms with Gasteiger partial charge in [0.05, 0.1) is 0 Å². The highest BCUT2D eigenvalue weighted by atomic mass is 16.4. The maximum absolute atomic E-state index is 10.5. The van der Waals surface area contributed by atoms with E-state index in [0.717, 1.165) is 6.92 Å². The van der Waals surface area contributed by atoms with Gasteiger partial charge in [0.25, 0.3) is 0 Å². The second-order valence-corrected chi connectivity index (χ2v) is 2.66. The van der Waals surface area contributed by atoms with Gasteiger partial charge in [0.2, 0.25) is 0 Å². The first kappa shape index (κ1) is 12.2. The van der Waals surface area contributed by atoms with E-state index in [4.69, 9.17) is 20.4 Å². The summed E-state index contributed by atoms with van der Waals surface area (Å²) < 4.78 is 0. The quantitative estimate of drug-likeness (QED) is 0.350. The molecule has 4 N–H and O–H groups in total. The molecule has 0 heterocycles. The zero-order valence-electron chi connectivity index (χ0n) is 6.99. The van der Waals surface area contributed by atoms with Gasteiger partial charge in [0.1, 0.15) is 24.4 Å². The molecule has 0 aliphatic carbocycles. The van der Waals surface area contributed by atoms with Gasteiger partial charge in [-0.3, -0.25) is 4.79 Å². The molecule has 0 saturated heterocycles. The molecule has 0 aromatic heterocycles. The van der Waals surface area contributed by atoms with Crippen LogP contribution in [0.4, 0.5) is 0 Å². The van der Waals surface area contributed by atoms with E-state index in [1.165, 1.54) is 0 Å². The molecule has 0 unspecified atom stereocenters. The summed E-state index contributed by atoms with van der Waals surface area (Å²) in [6, 6.07) is 0. The molecule has 76 valence electrons. The summed E-state index contributed by atoms with van der Waals surface area (Å²) in [6.45, 7) is 1.01. The van der Waals surface area contributed by atoms with Crippen LogP contribution in [0.3, 0.4) is 0 Å². The lowest BCUT2D eigenvalue weighted by molar-refractivity contribution is -0.146. The molecule has 13 heavy (non-hydrogen) atoms. The highest BCUT2D eigenvalue weighted by Crippen LogP contribution is 2.04. The number of aldehydes is 1. The van der Waals surface area contributed by atoms with Gasteiger partial charge in [-0.1, -0.05) is 0 Å². The monoisotopic (exact) mass is 192 g/mol. The van der Waals surface area contributed by atoms with E-state index in [9.17, 15) is 9.59 Å². The molecule has 0 aliphatic heterocycles. The summed E-state index contributed by atoms with van der Waals surface area (Å²) in [7, 11) is 0. The molecule has 0 aliphatic rings. The van der Waals surface area contributed by atoms with Crippen molar-refractivity contribution < 1.29 is 30.0 Å². The van der Waals surface area contributed by atoms with Crippen LogP contribution >= 0.6 is 0 Å². The first-order valence-electron chi connectivity index (χ1n) is 3.59. The summed E-state index contributed by atoms with van der Waals surface area (Å²) in [6.07, 6.45) is -7.34. The average Bonchev–Trinajstić information content (AvgIpc) is 2.12. The number of rotatable bonds is 5. The number of carbonyl (C=O) groups excluding carboxylic acids is 2. The minimum atomic E-state index is -1.86. The molecule has 0 aromatic carbocycles. The summed E-state index contributed by atoms with van der Waals surface area (Å²) in [5, 5.41) is 35.6. The lowest BCUT2D eigenvalue weighted by atomic mass is 10.0. The zero-order valence-corrected chi connectivity index (χ0v) is 6.99. The maximum Gasteiger partial charge on any atom is 0.160 e. The Kier molecular flexibility index (Phi) is 4.71. The minimum Gasteiger partial charge on any atom is -0.387 e. The summed E-state index contributed by atoms with van der Waals surface area (Å²) in [4.78, 5) is 20.5. The second kappa shape index (κ2) is 5.03. The van der Waals surface area contributed by atoms with Crippen molar-refractivity contribution in [1.29, 1.82) is 0 Å². The van der Waals surface area contributed by atoms with Crippen molar-refractivity contribution in [3.8, 4) is 0 Å². The van der Waals surface area contributed by atoms with Gasteiger partial charge in [0, 0.05) is 0 Å². The number of hydrogen-bond donors (Lipinski definition) is 4. The highest BCUT2D eigenvalue weighted by Gasteiger charge is 2.32. The number of aliphatic hydroxyl groups is 4. The van der Waals surface area contributed by atoms with Crippen molar-refractivity contribution in [2.75, 3.05) is 0 Å². The van der Waals surface area contributed by atoms with Gasteiger partial charge in [-0.05, 0) is 6.92 Å². The fraction of sp³-hybridized carbons (Fsp3) is 0.714. The third kappa shape index (κ3) is 3.19. The van der Waals surface area contributed by atoms with Crippen molar-refractivity contribution in [2.45, 2.75) is 31.3 Å². The number of aliphatic hydroxyl groups excluding tert-OH is 4.